The zero-order valence-corrected chi connectivity index (χ0v) is 19.3. The summed E-state index contributed by atoms with van der Waals surface area (Å²) in [5, 5.41) is 8.95. The average Bonchev–Trinajstić information content (AvgIpc) is 3.22. The van der Waals surface area contributed by atoms with Crippen LogP contribution in [0.2, 0.25) is 0 Å². The minimum atomic E-state index is 0.0776. The van der Waals surface area contributed by atoms with E-state index in [2.05, 4.69) is 49.1 Å². The molecule has 3 aliphatic rings. The van der Waals surface area contributed by atoms with Crippen LogP contribution in [0, 0.1) is 5.92 Å². The van der Waals surface area contributed by atoms with E-state index in [9.17, 15) is 4.79 Å². The molecule has 2 aromatic heterocycles. The van der Waals surface area contributed by atoms with Crippen molar-refractivity contribution in [3.63, 3.8) is 0 Å². The first-order valence-corrected chi connectivity index (χ1v) is 11.9. The van der Waals surface area contributed by atoms with Gasteiger partial charge in [-0.25, -0.2) is 0 Å². The van der Waals surface area contributed by atoms with Crippen molar-refractivity contribution in [1.82, 2.24) is 24.6 Å². The van der Waals surface area contributed by atoms with Gasteiger partial charge in [-0.2, -0.15) is 5.10 Å². The Hall–Kier alpha value is -2.38. The third-order valence-corrected chi connectivity index (χ3v) is 7.43. The van der Waals surface area contributed by atoms with Gasteiger partial charge in [0.05, 0.1) is 24.0 Å². The largest absolute Gasteiger partial charge is 0.340 e. The molecule has 1 N–H and O–H groups in total. The normalized spacial score (nSPS) is 18.5. The summed E-state index contributed by atoms with van der Waals surface area (Å²) in [6.45, 7) is 4.25. The van der Waals surface area contributed by atoms with E-state index in [0.717, 1.165) is 58.7 Å². The maximum atomic E-state index is 13.3. The van der Waals surface area contributed by atoms with Crippen molar-refractivity contribution in [3.05, 3.63) is 57.5 Å². The molecule has 0 radical (unpaired) electrons. The number of carbonyl (C=O) groups is 1. The number of rotatable bonds is 4. The van der Waals surface area contributed by atoms with Crippen molar-refractivity contribution in [2.75, 3.05) is 13.1 Å². The second kappa shape index (κ2) is 7.35. The van der Waals surface area contributed by atoms with Crippen molar-refractivity contribution >= 4 is 38.3 Å². The van der Waals surface area contributed by atoms with Gasteiger partial charge in [0.25, 0.3) is 5.91 Å². The van der Waals surface area contributed by atoms with Crippen LogP contribution in [0.15, 0.2) is 34.9 Å². The van der Waals surface area contributed by atoms with Gasteiger partial charge in [0.2, 0.25) is 0 Å². The first kappa shape index (κ1) is 19.3. The van der Waals surface area contributed by atoms with Crippen LogP contribution in [0.25, 0.3) is 16.5 Å². The van der Waals surface area contributed by atoms with E-state index in [1.165, 1.54) is 29.6 Å². The summed E-state index contributed by atoms with van der Waals surface area (Å²) in [4.78, 5) is 15.3. The maximum Gasteiger partial charge on any atom is 0.254 e. The van der Waals surface area contributed by atoms with E-state index in [-0.39, 0.29) is 5.91 Å². The number of carbonyl (C=O) groups excluding carboxylic acids is 1. The fourth-order valence-electron chi connectivity index (χ4n) is 4.95. The van der Waals surface area contributed by atoms with Gasteiger partial charge < -0.3 is 14.8 Å². The minimum absolute atomic E-state index is 0.0776. The molecule has 6 rings (SSSR count). The lowest BCUT2D eigenvalue weighted by Gasteiger charge is -2.18. The number of fused-ring (bicyclic) bond motifs is 2. The second-order valence-corrected chi connectivity index (χ2v) is 9.93. The number of aromatic nitrogens is 3. The van der Waals surface area contributed by atoms with E-state index >= 15 is 0 Å². The summed E-state index contributed by atoms with van der Waals surface area (Å²) in [5.41, 5.74) is 6.88. The van der Waals surface area contributed by atoms with Crippen LogP contribution in [0.3, 0.4) is 0 Å². The Morgan fingerprint density at radius 3 is 2.87 bits per heavy atom. The predicted molar refractivity (Wildman–Crippen MR) is 125 cm³/mol. The molecular formula is C24H26BrN5O. The lowest BCUT2D eigenvalue weighted by atomic mass is 10.1. The van der Waals surface area contributed by atoms with E-state index in [4.69, 9.17) is 0 Å². The third-order valence-electron chi connectivity index (χ3n) is 6.82. The Labute approximate surface area is 190 Å². The quantitative estimate of drug-likeness (QED) is 0.613. The van der Waals surface area contributed by atoms with Gasteiger partial charge in [-0.1, -0.05) is 6.08 Å². The van der Waals surface area contributed by atoms with Crippen LogP contribution < -0.4 is 5.32 Å². The molecule has 2 aliphatic heterocycles. The number of nitrogens with one attached hydrogen (secondary N) is 1. The molecule has 3 aromatic rings. The van der Waals surface area contributed by atoms with Crippen molar-refractivity contribution in [1.29, 1.82) is 0 Å². The molecule has 6 nitrogen and oxygen atoms in total. The van der Waals surface area contributed by atoms with Crippen molar-refractivity contribution in [2.24, 2.45) is 13.0 Å². The molecule has 0 atom stereocenters. The highest BCUT2D eigenvalue weighted by molar-refractivity contribution is 9.10. The number of halogens is 1. The Balaban J connectivity index is 1.39. The molecule has 1 fully saturated rings. The molecule has 1 saturated carbocycles. The van der Waals surface area contributed by atoms with E-state index < -0.39 is 0 Å². The Kier molecular flexibility index (Phi) is 4.58. The van der Waals surface area contributed by atoms with Crippen LogP contribution in [0.5, 0.6) is 0 Å². The van der Waals surface area contributed by atoms with Crippen LogP contribution in [0.1, 0.15) is 46.6 Å². The zero-order valence-electron chi connectivity index (χ0n) is 17.7. The molecule has 31 heavy (non-hydrogen) atoms. The SMILES string of the molecule is Cn1ncc2c1CN(C(=O)c1cc(Br)c3c(c1)cc(C1=CCCNC1)n3CC1CC1)C2. The maximum absolute atomic E-state index is 13.3. The zero-order chi connectivity index (χ0) is 21.1. The summed E-state index contributed by atoms with van der Waals surface area (Å²) >= 11 is 3.81. The molecule has 1 aromatic carbocycles. The van der Waals surface area contributed by atoms with Gasteiger partial charge in [0.1, 0.15) is 0 Å². The molecule has 7 heteroatoms. The molecule has 0 bridgehead atoms. The molecule has 0 unspecified atom stereocenters. The fraction of sp³-hybridized carbons (Fsp3) is 0.417. The number of hydrogen-bond acceptors (Lipinski definition) is 3. The van der Waals surface area contributed by atoms with Gasteiger partial charge in [-0.05, 0) is 71.4 Å². The molecule has 0 saturated heterocycles. The van der Waals surface area contributed by atoms with Crippen LogP contribution in [-0.2, 0) is 26.7 Å². The predicted octanol–water partition coefficient (Wildman–Crippen LogP) is 4.08. The first-order chi connectivity index (χ1) is 15.1. The fourth-order valence-corrected chi connectivity index (χ4v) is 5.64. The number of hydrogen-bond donors (Lipinski definition) is 1. The van der Waals surface area contributed by atoms with E-state index in [1.54, 1.807) is 0 Å². The molecule has 1 aliphatic carbocycles. The standard InChI is InChI=1S/C24H26BrN5O/c1-28-22-14-29(13-19(22)11-27-28)24(31)18-7-17-9-21(16-3-2-6-26-10-16)30(12-15-4-5-15)23(17)20(25)8-18/h3,7-9,11,15,26H,2,4-6,10,12-14H2,1H3. The smallest absolute Gasteiger partial charge is 0.254 e. The van der Waals surface area contributed by atoms with E-state index in [1.807, 2.05) is 28.9 Å². The summed E-state index contributed by atoms with van der Waals surface area (Å²) in [7, 11) is 1.94. The van der Waals surface area contributed by atoms with E-state index in [0.29, 0.717) is 13.1 Å². The van der Waals surface area contributed by atoms with Crippen LogP contribution in [0.4, 0.5) is 0 Å². The third kappa shape index (κ3) is 3.34. The highest BCUT2D eigenvalue weighted by Gasteiger charge is 2.29. The topological polar surface area (TPSA) is 55.1 Å². The van der Waals surface area contributed by atoms with Gasteiger partial charge in [0.15, 0.2) is 0 Å². The lowest BCUT2D eigenvalue weighted by molar-refractivity contribution is 0.0748. The summed E-state index contributed by atoms with van der Waals surface area (Å²) in [6, 6.07) is 6.36. The number of nitrogens with zero attached hydrogens (tertiary/aromatic N) is 4. The Bertz CT molecular complexity index is 1230. The van der Waals surface area contributed by atoms with Gasteiger partial charge in [-0.15, -0.1) is 0 Å². The molecule has 0 spiro atoms. The van der Waals surface area contributed by atoms with Crippen molar-refractivity contribution < 1.29 is 4.79 Å². The highest BCUT2D eigenvalue weighted by atomic mass is 79.9. The summed E-state index contributed by atoms with van der Waals surface area (Å²) in [6.07, 6.45) is 7.93. The van der Waals surface area contributed by atoms with Gasteiger partial charge in [-0.3, -0.25) is 9.48 Å². The monoisotopic (exact) mass is 479 g/mol. The number of amides is 1. The van der Waals surface area contributed by atoms with Gasteiger partial charge >= 0.3 is 0 Å². The summed E-state index contributed by atoms with van der Waals surface area (Å²) < 4.78 is 5.35. The van der Waals surface area contributed by atoms with Crippen molar-refractivity contribution in [3.8, 4) is 0 Å². The molecule has 1 amide bonds. The first-order valence-electron chi connectivity index (χ1n) is 11.1. The molecule has 160 valence electrons. The number of benzene rings is 1. The van der Waals surface area contributed by atoms with Gasteiger partial charge in [0, 0.05) is 53.4 Å². The highest BCUT2D eigenvalue weighted by Crippen LogP contribution is 2.38. The number of aryl methyl sites for hydroxylation is 1. The summed E-state index contributed by atoms with van der Waals surface area (Å²) in [5.74, 6) is 0.852. The Morgan fingerprint density at radius 1 is 1.26 bits per heavy atom. The van der Waals surface area contributed by atoms with Crippen LogP contribution in [-0.4, -0.2) is 38.2 Å². The van der Waals surface area contributed by atoms with Crippen LogP contribution >= 0.6 is 15.9 Å². The second-order valence-electron chi connectivity index (χ2n) is 9.08. The lowest BCUT2D eigenvalue weighted by Crippen LogP contribution is -2.26. The average molecular weight is 480 g/mol. The molecular weight excluding hydrogens is 454 g/mol. The Morgan fingerprint density at radius 2 is 2.13 bits per heavy atom. The minimum Gasteiger partial charge on any atom is -0.340 e. The molecule has 4 heterocycles. The van der Waals surface area contributed by atoms with Crippen molar-refractivity contribution in [2.45, 2.75) is 38.9 Å².